The summed E-state index contributed by atoms with van der Waals surface area (Å²) in [5.74, 6) is 0.168. The molecule has 14 heavy (non-hydrogen) atoms. The molecule has 0 aromatic carbocycles. The first-order chi connectivity index (χ1) is 6.36. The second-order valence-electron chi connectivity index (χ2n) is 4.95. The number of nitrogens with zero attached hydrogens (tertiary/aromatic N) is 2. The van der Waals surface area contributed by atoms with E-state index in [9.17, 15) is 4.79 Å². The third kappa shape index (κ3) is 2.25. The number of carbonyl (C=O) groups is 1. The zero-order valence-electron chi connectivity index (χ0n) is 9.58. The number of likely N-dealkylation sites (N-methyl/N-ethyl adjacent to an activating group) is 1. The van der Waals surface area contributed by atoms with Gasteiger partial charge in [0.1, 0.15) is 0 Å². The Kier molecular flexibility index (Phi) is 3.17. The van der Waals surface area contributed by atoms with E-state index in [0.29, 0.717) is 13.1 Å². The molecule has 0 spiro atoms. The van der Waals surface area contributed by atoms with Gasteiger partial charge in [0, 0.05) is 25.7 Å². The van der Waals surface area contributed by atoms with Crippen molar-refractivity contribution in [3.63, 3.8) is 0 Å². The number of hydrogen-bond donors (Lipinski definition) is 1. The van der Waals surface area contributed by atoms with Crippen LogP contribution in [0.2, 0.25) is 0 Å². The van der Waals surface area contributed by atoms with Crippen LogP contribution in [0, 0.1) is 0 Å². The Bertz CT molecular complexity index is 222. The van der Waals surface area contributed by atoms with Gasteiger partial charge < -0.3 is 10.6 Å². The molecule has 0 aliphatic carbocycles. The highest BCUT2D eigenvalue weighted by Crippen LogP contribution is 2.18. The Morgan fingerprint density at radius 1 is 1.50 bits per heavy atom. The van der Waals surface area contributed by atoms with Gasteiger partial charge in [0.25, 0.3) is 0 Å². The van der Waals surface area contributed by atoms with Crippen molar-refractivity contribution in [3.8, 4) is 0 Å². The normalized spacial score (nSPS) is 25.6. The Morgan fingerprint density at radius 3 is 2.50 bits per heavy atom. The SMILES string of the molecule is CN1C(=O)CN(C(C)(C)C)CC1CN. The number of carbonyl (C=O) groups excluding carboxylic acids is 1. The molecular weight excluding hydrogens is 178 g/mol. The number of rotatable bonds is 1. The van der Waals surface area contributed by atoms with Crippen LogP contribution in [0.4, 0.5) is 0 Å². The molecule has 1 aliphatic heterocycles. The number of amides is 1. The molecule has 2 N–H and O–H groups in total. The lowest BCUT2D eigenvalue weighted by atomic mass is 10.0. The highest BCUT2D eigenvalue weighted by molar-refractivity contribution is 5.79. The molecule has 0 radical (unpaired) electrons. The summed E-state index contributed by atoms with van der Waals surface area (Å²) in [6, 6.07) is 0.162. The summed E-state index contributed by atoms with van der Waals surface area (Å²) in [6.45, 7) is 8.30. The third-order valence-electron chi connectivity index (χ3n) is 2.92. The fraction of sp³-hybridized carbons (Fsp3) is 0.900. The van der Waals surface area contributed by atoms with Gasteiger partial charge in [-0.15, -0.1) is 0 Å². The average Bonchev–Trinajstić information content (AvgIpc) is 2.07. The Morgan fingerprint density at radius 2 is 2.07 bits per heavy atom. The van der Waals surface area contributed by atoms with E-state index in [1.165, 1.54) is 0 Å². The van der Waals surface area contributed by atoms with Gasteiger partial charge in [-0.25, -0.2) is 0 Å². The van der Waals surface area contributed by atoms with Crippen LogP contribution in [0.25, 0.3) is 0 Å². The van der Waals surface area contributed by atoms with Gasteiger partial charge in [-0.2, -0.15) is 0 Å². The fourth-order valence-electron chi connectivity index (χ4n) is 1.66. The van der Waals surface area contributed by atoms with Crippen molar-refractivity contribution in [1.29, 1.82) is 0 Å². The molecule has 82 valence electrons. The van der Waals surface area contributed by atoms with E-state index in [0.717, 1.165) is 6.54 Å². The largest absolute Gasteiger partial charge is 0.339 e. The summed E-state index contributed by atoms with van der Waals surface area (Å²) in [7, 11) is 1.83. The first-order valence-electron chi connectivity index (χ1n) is 5.07. The summed E-state index contributed by atoms with van der Waals surface area (Å²) in [5.41, 5.74) is 5.69. The Balaban J connectivity index is 2.73. The van der Waals surface area contributed by atoms with Crippen molar-refractivity contribution in [2.45, 2.75) is 32.4 Å². The molecule has 0 aromatic heterocycles. The van der Waals surface area contributed by atoms with Gasteiger partial charge in [-0.3, -0.25) is 9.69 Å². The molecule has 1 saturated heterocycles. The van der Waals surface area contributed by atoms with Crippen molar-refractivity contribution in [2.75, 3.05) is 26.7 Å². The van der Waals surface area contributed by atoms with Gasteiger partial charge in [0.15, 0.2) is 0 Å². The van der Waals surface area contributed by atoms with E-state index in [1.54, 1.807) is 4.90 Å². The van der Waals surface area contributed by atoms with Crippen LogP contribution in [0.3, 0.4) is 0 Å². The molecule has 4 heteroatoms. The highest BCUT2D eigenvalue weighted by atomic mass is 16.2. The summed E-state index contributed by atoms with van der Waals surface area (Å²) >= 11 is 0. The van der Waals surface area contributed by atoms with Gasteiger partial charge >= 0.3 is 0 Å². The maximum Gasteiger partial charge on any atom is 0.236 e. The molecule has 1 unspecified atom stereocenters. The predicted octanol–water partition coefficient (Wildman–Crippen LogP) is -0.114. The second kappa shape index (κ2) is 3.87. The molecule has 1 rings (SSSR count). The topological polar surface area (TPSA) is 49.6 Å². The van der Waals surface area contributed by atoms with E-state index in [1.807, 2.05) is 7.05 Å². The molecule has 1 fully saturated rings. The van der Waals surface area contributed by atoms with Crippen LogP contribution in [-0.4, -0.2) is 54.0 Å². The predicted molar refractivity (Wildman–Crippen MR) is 56.9 cm³/mol. The number of piperazine rings is 1. The Labute approximate surface area is 86.0 Å². The maximum atomic E-state index is 11.6. The molecular formula is C10H21N3O. The zero-order valence-corrected chi connectivity index (χ0v) is 9.58. The summed E-state index contributed by atoms with van der Waals surface area (Å²) in [6.07, 6.45) is 0. The summed E-state index contributed by atoms with van der Waals surface area (Å²) in [5, 5.41) is 0. The maximum absolute atomic E-state index is 11.6. The minimum atomic E-state index is 0.0460. The molecule has 1 aliphatic rings. The third-order valence-corrected chi connectivity index (χ3v) is 2.92. The molecule has 0 bridgehead atoms. The molecule has 1 atom stereocenters. The van der Waals surface area contributed by atoms with Crippen molar-refractivity contribution in [1.82, 2.24) is 9.80 Å². The van der Waals surface area contributed by atoms with Gasteiger partial charge in [-0.1, -0.05) is 0 Å². The van der Waals surface area contributed by atoms with Crippen molar-refractivity contribution >= 4 is 5.91 Å². The first-order valence-corrected chi connectivity index (χ1v) is 5.07. The lowest BCUT2D eigenvalue weighted by Crippen LogP contribution is -2.61. The van der Waals surface area contributed by atoms with Crippen molar-refractivity contribution in [2.24, 2.45) is 5.73 Å². The standard InChI is InChI=1S/C10H21N3O/c1-10(2,3)13-6-8(5-11)12(4)9(14)7-13/h8H,5-7,11H2,1-4H3. The van der Waals surface area contributed by atoms with Crippen LogP contribution in [0.5, 0.6) is 0 Å². The van der Waals surface area contributed by atoms with Crippen LogP contribution in [0.15, 0.2) is 0 Å². The van der Waals surface area contributed by atoms with Gasteiger partial charge in [0.05, 0.1) is 12.6 Å². The minimum Gasteiger partial charge on any atom is -0.339 e. The number of nitrogens with two attached hydrogens (primary N) is 1. The summed E-state index contributed by atoms with van der Waals surface area (Å²) in [4.78, 5) is 15.6. The van der Waals surface area contributed by atoms with Crippen LogP contribution < -0.4 is 5.73 Å². The van der Waals surface area contributed by atoms with E-state index in [-0.39, 0.29) is 17.5 Å². The zero-order chi connectivity index (χ0) is 10.9. The molecule has 1 amide bonds. The van der Waals surface area contributed by atoms with E-state index < -0.39 is 0 Å². The van der Waals surface area contributed by atoms with E-state index in [2.05, 4.69) is 25.7 Å². The molecule has 0 saturated carbocycles. The van der Waals surface area contributed by atoms with Crippen LogP contribution in [0.1, 0.15) is 20.8 Å². The average molecular weight is 199 g/mol. The van der Waals surface area contributed by atoms with Crippen LogP contribution >= 0.6 is 0 Å². The lowest BCUT2D eigenvalue weighted by molar-refractivity contribution is -0.140. The number of hydrogen-bond acceptors (Lipinski definition) is 3. The van der Waals surface area contributed by atoms with Gasteiger partial charge in [-0.05, 0) is 20.8 Å². The quantitative estimate of drug-likeness (QED) is 0.641. The summed E-state index contributed by atoms with van der Waals surface area (Å²) < 4.78 is 0. The monoisotopic (exact) mass is 199 g/mol. The molecule has 1 heterocycles. The minimum absolute atomic E-state index is 0.0460. The van der Waals surface area contributed by atoms with E-state index in [4.69, 9.17) is 5.73 Å². The molecule has 0 aromatic rings. The highest BCUT2D eigenvalue weighted by Gasteiger charge is 2.34. The second-order valence-corrected chi connectivity index (χ2v) is 4.95. The lowest BCUT2D eigenvalue weighted by Gasteiger charge is -2.44. The van der Waals surface area contributed by atoms with Crippen LogP contribution in [-0.2, 0) is 4.79 Å². The van der Waals surface area contributed by atoms with Crippen molar-refractivity contribution < 1.29 is 4.79 Å². The van der Waals surface area contributed by atoms with E-state index >= 15 is 0 Å². The molecule has 4 nitrogen and oxygen atoms in total. The smallest absolute Gasteiger partial charge is 0.236 e. The van der Waals surface area contributed by atoms with Gasteiger partial charge in [0.2, 0.25) is 5.91 Å². The fourth-order valence-corrected chi connectivity index (χ4v) is 1.66. The Hall–Kier alpha value is -0.610. The first kappa shape index (κ1) is 11.5. The van der Waals surface area contributed by atoms with Crippen molar-refractivity contribution in [3.05, 3.63) is 0 Å².